The van der Waals surface area contributed by atoms with Crippen molar-refractivity contribution in [1.29, 1.82) is 0 Å². The Balaban J connectivity index is 2.27. The molecule has 1 heterocycles. The summed E-state index contributed by atoms with van der Waals surface area (Å²) in [6.07, 6.45) is 0.727. The molecule has 2 atom stereocenters. The van der Waals surface area contributed by atoms with Gasteiger partial charge in [-0.25, -0.2) is 0 Å². The molecule has 0 aromatic rings. The highest BCUT2D eigenvalue weighted by molar-refractivity contribution is 4.85. The average molecular weight is 128 g/mol. The fourth-order valence-corrected chi connectivity index (χ4v) is 0.994. The first kappa shape index (κ1) is 7.03. The van der Waals surface area contributed by atoms with Gasteiger partial charge in [-0.1, -0.05) is 0 Å². The number of likely N-dealkylation sites (N-methyl/N-ethyl adjacent to an activating group) is 2. The summed E-state index contributed by atoms with van der Waals surface area (Å²) in [6.45, 7) is 5.70. The second-order valence-electron chi connectivity index (χ2n) is 3.18. The van der Waals surface area contributed by atoms with Crippen molar-refractivity contribution in [1.82, 2.24) is 9.80 Å². The zero-order chi connectivity index (χ0) is 7.02. The highest BCUT2D eigenvalue weighted by atomic mass is 15.5. The van der Waals surface area contributed by atoms with Crippen LogP contribution in [0.2, 0.25) is 0 Å². The number of hydrogen-bond acceptors (Lipinski definition) is 2. The highest BCUT2D eigenvalue weighted by Gasteiger charge is 2.34. The smallest absolute Gasteiger partial charge is 0.0752 e. The summed E-state index contributed by atoms with van der Waals surface area (Å²) < 4.78 is 0. The van der Waals surface area contributed by atoms with Crippen molar-refractivity contribution in [2.75, 3.05) is 20.6 Å². The Morgan fingerprint density at radius 1 is 1.56 bits per heavy atom. The minimum Gasteiger partial charge on any atom is -0.287 e. The van der Waals surface area contributed by atoms with Crippen LogP contribution in [0.1, 0.15) is 13.8 Å². The highest BCUT2D eigenvalue weighted by Crippen LogP contribution is 2.18. The van der Waals surface area contributed by atoms with E-state index in [0.29, 0.717) is 6.04 Å². The van der Waals surface area contributed by atoms with Crippen LogP contribution in [0.3, 0.4) is 0 Å². The Morgan fingerprint density at radius 2 is 2.00 bits per heavy atom. The molecule has 1 aliphatic heterocycles. The van der Waals surface area contributed by atoms with Gasteiger partial charge in [0.2, 0.25) is 0 Å². The Bertz CT molecular complexity index is 101. The third-order valence-electron chi connectivity index (χ3n) is 2.11. The molecule has 0 N–H and O–H groups in total. The third-order valence-corrected chi connectivity index (χ3v) is 2.11. The third kappa shape index (κ3) is 1.43. The van der Waals surface area contributed by atoms with Gasteiger partial charge in [0.25, 0.3) is 0 Å². The van der Waals surface area contributed by atoms with Gasteiger partial charge in [-0.05, 0) is 27.9 Å². The predicted molar refractivity (Wildman–Crippen MR) is 39.3 cm³/mol. The van der Waals surface area contributed by atoms with Crippen LogP contribution < -0.4 is 0 Å². The number of rotatable bonds is 2. The minimum atomic E-state index is 0.681. The Kier molecular flexibility index (Phi) is 1.78. The first-order chi connectivity index (χ1) is 4.13. The van der Waals surface area contributed by atoms with E-state index in [1.807, 2.05) is 0 Å². The van der Waals surface area contributed by atoms with Gasteiger partial charge < -0.3 is 0 Å². The molecule has 2 heteroatoms. The maximum Gasteiger partial charge on any atom is 0.0752 e. The lowest BCUT2D eigenvalue weighted by Crippen LogP contribution is -2.31. The summed E-state index contributed by atoms with van der Waals surface area (Å²) >= 11 is 0. The van der Waals surface area contributed by atoms with E-state index in [2.05, 4.69) is 37.7 Å². The van der Waals surface area contributed by atoms with Gasteiger partial charge in [0.05, 0.1) is 6.17 Å². The zero-order valence-corrected chi connectivity index (χ0v) is 6.76. The van der Waals surface area contributed by atoms with Gasteiger partial charge in [-0.3, -0.25) is 9.80 Å². The molecular weight excluding hydrogens is 112 g/mol. The van der Waals surface area contributed by atoms with Crippen molar-refractivity contribution in [2.45, 2.75) is 26.1 Å². The number of nitrogens with zero attached hydrogens (tertiary/aromatic N) is 2. The van der Waals surface area contributed by atoms with Gasteiger partial charge in [0, 0.05) is 12.6 Å². The van der Waals surface area contributed by atoms with Gasteiger partial charge in [-0.15, -0.1) is 0 Å². The van der Waals surface area contributed by atoms with Crippen LogP contribution in [-0.2, 0) is 0 Å². The topological polar surface area (TPSA) is 6.25 Å². The monoisotopic (exact) mass is 128 g/mol. The molecule has 0 aromatic carbocycles. The first-order valence-electron chi connectivity index (χ1n) is 3.55. The van der Waals surface area contributed by atoms with Crippen LogP contribution in [0, 0.1) is 0 Å². The molecule has 2 unspecified atom stereocenters. The average Bonchev–Trinajstić information content (AvgIpc) is 2.44. The second-order valence-corrected chi connectivity index (χ2v) is 3.18. The van der Waals surface area contributed by atoms with E-state index in [9.17, 15) is 0 Å². The van der Waals surface area contributed by atoms with Crippen LogP contribution >= 0.6 is 0 Å². The fraction of sp³-hybridized carbons (Fsp3) is 1.00. The van der Waals surface area contributed by atoms with Crippen LogP contribution in [-0.4, -0.2) is 42.6 Å². The van der Waals surface area contributed by atoms with E-state index in [-0.39, 0.29) is 0 Å². The summed E-state index contributed by atoms with van der Waals surface area (Å²) in [5.41, 5.74) is 0. The van der Waals surface area contributed by atoms with Crippen molar-refractivity contribution in [3.05, 3.63) is 0 Å². The van der Waals surface area contributed by atoms with E-state index in [1.165, 1.54) is 6.54 Å². The van der Waals surface area contributed by atoms with Gasteiger partial charge in [0.15, 0.2) is 0 Å². The Morgan fingerprint density at radius 3 is 2.11 bits per heavy atom. The van der Waals surface area contributed by atoms with Crippen molar-refractivity contribution in [2.24, 2.45) is 0 Å². The van der Waals surface area contributed by atoms with Crippen molar-refractivity contribution < 1.29 is 0 Å². The largest absolute Gasteiger partial charge is 0.287 e. The lowest BCUT2D eigenvalue weighted by atomic mass is 10.3. The lowest BCUT2D eigenvalue weighted by Gasteiger charge is -2.19. The molecule has 1 fully saturated rings. The molecule has 0 bridgehead atoms. The molecule has 0 radical (unpaired) electrons. The molecule has 54 valence electrons. The van der Waals surface area contributed by atoms with E-state index in [4.69, 9.17) is 0 Å². The lowest BCUT2D eigenvalue weighted by molar-refractivity contribution is 0.228. The molecule has 1 rings (SSSR count). The summed E-state index contributed by atoms with van der Waals surface area (Å²) in [6, 6.07) is 0.681. The van der Waals surface area contributed by atoms with Crippen LogP contribution in [0.5, 0.6) is 0 Å². The quantitative estimate of drug-likeness (QED) is 0.502. The zero-order valence-electron chi connectivity index (χ0n) is 6.76. The molecule has 0 aromatic heterocycles. The molecule has 0 amide bonds. The molecule has 1 saturated heterocycles. The standard InChI is InChI=1S/C7H16N2/c1-6(2)9(4)7-5-8(7)3/h6-7H,5H2,1-4H3. The fourth-order valence-electron chi connectivity index (χ4n) is 0.994. The number of hydrogen-bond donors (Lipinski definition) is 0. The van der Waals surface area contributed by atoms with E-state index >= 15 is 0 Å². The van der Waals surface area contributed by atoms with E-state index < -0.39 is 0 Å². The van der Waals surface area contributed by atoms with Crippen LogP contribution in [0.25, 0.3) is 0 Å². The maximum atomic E-state index is 2.39. The summed E-state index contributed by atoms with van der Waals surface area (Å²) in [7, 11) is 4.34. The molecule has 2 nitrogen and oxygen atoms in total. The van der Waals surface area contributed by atoms with Crippen LogP contribution in [0.15, 0.2) is 0 Å². The summed E-state index contributed by atoms with van der Waals surface area (Å²) in [5.74, 6) is 0. The van der Waals surface area contributed by atoms with Gasteiger partial charge >= 0.3 is 0 Å². The molecule has 0 spiro atoms. The first-order valence-corrected chi connectivity index (χ1v) is 3.55. The van der Waals surface area contributed by atoms with Crippen molar-refractivity contribution in [3.8, 4) is 0 Å². The molecule has 0 aliphatic carbocycles. The van der Waals surface area contributed by atoms with Crippen LogP contribution in [0.4, 0.5) is 0 Å². The SMILES string of the molecule is CC(C)N(C)C1CN1C. The van der Waals surface area contributed by atoms with E-state index in [0.717, 1.165) is 6.17 Å². The molecular formula is C7H16N2. The van der Waals surface area contributed by atoms with Crippen molar-refractivity contribution >= 4 is 0 Å². The van der Waals surface area contributed by atoms with Gasteiger partial charge in [0.1, 0.15) is 0 Å². The van der Waals surface area contributed by atoms with E-state index in [1.54, 1.807) is 0 Å². The van der Waals surface area contributed by atoms with Gasteiger partial charge in [-0.2, -0.15) is 0 Å². The molecule has 9 heavy (non-hydrogen) atoms. The van der Waals surface area contributed by atoms with Crippen molar-refractivity contribution in [3.63, 3.8) is 0 Å². The maximum absolute atomic E-state index is 2.39. The second kappa shape index (κ2) is 2.27. The Labute approximate surface area is 57.4 Å². The Hall–Kier alpha value is -0.0800. The summed E-state index contributed by atoms with van der Waals surface area (Å²) in [4.78, 5) is 4.72. The molecule has 0 saturated carbocycles. The minimum absolute atomic E-state index is 0.681. The normalized spacial score (nSPS) is 34.0. The molecule has 1 aliphatic rings. The predicted octanol–water partition coefficient (Wildman–Crippen LogP) is 0.598. The summed E-state index contributed by atoms with van der Waals surface area (Å²) in [5, 5.41) is 0.